The molecule has 1 saturated carbocycles. The van der Waals surface area contributed by atoms with Gasteiger partial charge in [-0.2, -0.15) is 0 Å². The SMILES string of the molecule is CC1CCC(c2ccc(O)cc2)(c2ccc(F)cc2)CC1. The maximum absolute atomic E-state index is 13.3. The summed E-state index contributed by atoms with van der Waals surface area (Å²) in [5.41, 5.74) is 2.36. The molecule has 0 aliphatic heterocycles. The van der Waals surface area contributed by atoms with Crippen LogP contribution in [0.1, 0.15) is 43.7 Å². The molecule has 2 heteroatoms. The molecule has 0 atom stereocenters. The van der Waals surface area contributed by atoms with E-state index in [-0.39, 0.29) is 17.0 Å². The van der Waals surface area contributed by atoms with E-state index in [1.165, 1.54) is 24.0 Å². The molecule has 1 N–H and O–H groups in total. The standard InChI is InChI=1S/C19H21FO/c1-14-10-12-19(13-11-14,15-2-6-17(20)7-3-15)16-4-8-18(21)9-5-16/h2-9,14,21H,10-13H2,1H3. The quantitative estimate of drug-likeness (QED) is 0.820. The molecule has 21 heavy (non-hydrogen) atoms. The van der Waals surface area contributed by atoms with Gasteiger partial charge >= 0.3 is 0 Å². The smallest absolute Gasteiger partial charge is 0.123 e. The van der Waals surface area contributed by atoms with Crippen LogP contribution in [0.4, 0.5) is 4.39 Å². The molecule has 1 aliphatic carbocycles. The first-order chi connectivity index (χ1) is 10.1. The summed E-state index contributed by atoms with van der Waals surface area (Å²) in [5, 5.41) is 9.54. The van der Waals surface area contributed by atoms with Gasteiger partial charge in [0.15, 0.2) is 0 Å². The van der Waals surface area contributed by atoms with Crippen molar-refractivity contribution in [2.45, 2.75) is 38.0 Å². The Balaban J connectivity index is 2.06. The van der Waals surface area contributed by atoms with Crippen LogP contribution in [0.3, 0.4) is 0 Å². The minimum Gasteiger partial charge on any atom is -0.508 e. The lowest BCUT2D eigenvalue weighted by Gasteiger charge is -2.40. The molecule has 0 heterocycles. The van der Waals surface area contributed by atoms with E-state index < -0.39 is 0 Å². The van der Waals surface area contributed by atoms with E-state index >= 15 is 0 Å². The largest absolute Gasteiger partial charge is 0.508 e. The van der Waals surface area contributed by atoms with Crippen molar-refractivity contribution in [2.75, 3.05) is 0 Å². The number of hydrogen-bond donors (Lipinski definition) is 1. The average molecular weight is 284 g/mol. The molecule has 0 radical (unpaired) electrons. The molecule has 0 amide bonds. The summed E-state index contributed by atoms with van der Waals surface area (Å²) in [6, 6.07) is 14.4. The van der Waals surface area contributed by atoms with Crippen molar-refractivity contribution in [3.8, 4) is 5.75 Å². The fourth-order valence-corrected chi connectivity index (χ4v) is 3.55. The third-order valence-electron chi connectivity index (χ3n) is 4.94. The normalized spacial score (nSPS) is 25.7. The van der Waals surface area contributed by atoms with Crippen LogP contribution in [0.25, 0.3) is 0 Å². The van der Waals surface area contributed by atoms with Crippen LogP contribution in [0.2, 0.25) is 0 Å². The number of benzene rings is 2. The number of rotatable bonds is 2. The van der Waals surface area contributed by atoms with E-state index in [1.54, 1.807) is 24.3 Å². The highest BCUT2D eigenvalue weighted by molar-refractivity contribution is 5.42. The van der Waals surface area contributed by atoms with E-state index in [2.05, 4.69) is 6.92 Å². The Bertz CT molecular complexity index is 545. The Morgan fingerprint density at radius 2 is 1.38 bits per heavy atom. The predicted octanol–water partition coefficient (Wildman–Crippen LogP) is 5.03. The lowest BCUT2D eigenvalue weighted by atomic mass is 9.63. The van der Waals surface area contributed by atoms with Crippen molar-refractivity contribution in [1.82, 2.24) is 0 Å². The highest BCUT2D eigenvalue weighted by Gasteiger charge is 2.37. The lowest BCUT2D eigenvalue weighted by molar-refractivity contribution is 0.280. The molecular weight excluding hydrogens is 263 g/mol. The van der Waals surface area contributed by atoms with Crippen molar-refractivity contribution >= 4 is 0 Å². The molecule has 2 aromatic carbocycles. The number of aromatic hydroxyl groups is 1. The van der Waals surface area contributed by atoms with Gasteiger partial charge in [0.25, 0.3) is 0 Å². The van der Waals surface area contributed by atoms with E-state index in [9.17, 15) is 9.50 Å². The summed E-state index contributed by atoms with van der Waals surface area (Å²) in [7, 11) is 0. The molecule has 0 spiro atoms. The summed E-state index contributed by atoms with van der Waals surface area (Å²) in [5.74, 6) is 0.844. The van der Waals surface area contributed by atoms with Crippen molar-refractivity contribution in [3.63, 3.8) is 0 Å². The van der Waals surface area contributed by atoms with Gasteiger partial charge < -0.3 is 5.11 Å². The van der Waals surface area contributed by atoms with Gasteiger partial charge in [-0.15, -0.1) is 0 Å². The van der Waals surface area contributed by atoms with Gasteiger partial charge in [0, 0.05) is 5.41 Å². The molecule has 0 unspecified atom stereocenters. The first-order valence-corrected chi connectivity index (χ1v) is 7.66. The zero-order chi connectivity index (χ0) is 14.9. The van der Waals surface area contributed by atoms with E-state index in [1.807, 2.05) is 24.3 Å². The van der Waals surface area contributed by atoms with Gasteiger partial charge in [-0.05, 0) is 67.0 Å². The number of hydrogen-bond acceptors (Lipinski definition) is 1. The van der Waals surface area contributed by atoms with E-state index in [0.717, 1.165) is 18.8 Å². The van der Waals surface area contributed by atoms with Crippen LogP contribution in [0.5, 0.6) is 5.75 Å². The minimum atomic E-state index is -0.191. The number of phenolic OH excluding ortho intramolecular Hbond substituents is 1. The molecule has 110 valence electrons. The number of phenols is 1. The first-order valence-electron chi connectivity index (χ1n) is 7.66. The Kier molecular flexibility index (Phi) is 3.71. The van der Waals surface area contributed by atoms with E-state index in [0.29, 0.717) is 0 Å². The number of halogens is 1. The molecule has 1 aliphatic rings. The summed E-state index contributed by atoms with van der Waals surface area (Å²) >= 11 is 0. The third kappa shape index (κ3) is 2.67. The second-order valence-corrected chi connectivity index (χ2v) is 6.32. The highest BCUT2D eigenvalue weighted by atomic mass is 19.1. The molecule has 0 saturated heterocycles. The van der Waals surface area contributed by atoms with Gasteiger partial charge in [-0.1, -0.05) is 31.2 Å². The first kappa shape index (κ1) is 14.1. The Morgan fingerprint density at radius 3 is 1.90 bits per heavy atom. The maximum Gasteiger partial charge on any atom is 0.123 e. The fourth-order valence-electron chi connectivity index (χ4n) is 3.55. The summed E-state index contributed by atoms with van der Waals surface area (Å²) < 4.78 is 13.3. The van der Waals surface area contributed by atoms with Crippen molar-refractivity contribution < 1.29 is 9.50 Å². The Labute approximate surface area is 125 Å². The molecule has 0 bridgehead atoms. The van der Waals surface area contributed by atoms with Crippen molar-refractivity contribution in [2.24, 2.45) is 5.92 Å². The van der Waals surface area contributed by atoms with Crippen LogP contribution >= 0.6 is 0 Å². The van der Waals surface area contributed by atoms with Crippen LogP contribution in [-0.4, -0.2) is 5.11 Å². The molecular formula is C19H21FO. The predicted molar refractivity (Wildman–Crippen MR) is 82.9 cm³/mol. The molecule has 1 fully saturated rings. The molecule has 0 aromatic heterocycles. The van der Waals surface area contributed by atoms with Crippen LogP contribution in [0.15, 0.2) is 48.5 Å². The lowest BCUT2D eigenvalue weighted by Crippen LogP contribution is -2.32. The van der Waals surface area contributed by atoms with Gasteiger partial charge in [-0.25, -0.2) is 4.39 Å². The molecule has 2 aromatic rings. The zero-order valence-corrected chi connectivity index (χ0v) is 12.3. The maximum atomic E-state index is 13.3. The summed E-state index contributed by atoms with van der Waals surface area (Å²) in [6.07, 6.45) is 4.51. The van der Waals surface area contributed by atoms with Crippen LogP contribution in [0, 0.1) is 11.7 Å². The van der Waals surface area contributed by atoms with Crippen LogP contribution < -0.4 is 0 Å². The van der Waals surface area contributed by atoms with Crippen LogP contribution in [-0.2, 0) is 5.41 Å². The second-order valence-electron chi connectivity index (χ2n) is 6.32. The van der Waals surface area contributed by atoms with Gasteiger partial charge in [0.1, 0.15) is 11.6 Å². The molecule has 3 rings (SSSR count). The fraction of sp³-hybridized carbons (Fsp3) is 0.368. The Hall–Kier alpha value is -1.83. The van der Waals surface area contributed by atoms with Gasteiger partial charge in [-0.3, -0.25) is 0 Å². The second kappa shape index (κ2) is 5.51. The monoisotopic (exact) mass is 284 g/mol. The average Bonchev–Trinajstić information content (AvgIpc) is 2.50. The van der Waals surface area contributed by atoms with Gasteiger partial charge in [0.05, 0.1) is 0 Å². The van der Waals surface area contributed by atoms with Crippen molar-refractivity contribution in [3.05, 3.63) is 65.5 Å². The Morgan fingerprint density at radius 1 is 0.905 bits per heavy atom. The third-order valence-corrected chi connectivity index (χ3v) is 4.94. The minimum absolute atomic E-state index is 0.0477. The van der Waals surface area contributed by atoms with E-state index in [4.69, 9.17) is 0 Å². The molecule has 1 nitrogen and oxygen atoms in total. The highest BCUT2D eigenvalue weighted by Crippen LogP contribution is 2.46. The summed E-state index contributed by atoms with van der Waals surface area (Å²) in [6.45, 7) is 2.30. The summed E-state index contributed by atoms with van der Waals surface area (Å²) in [4.78, 5) is 0. The zero-order valence-electron chi connectivity index (χ0n) is 12.3. The topological polar surface area (TPSA) is 20.2 Å². The van der Waals surface area contributed by atoms with Gasteiger partial charge in [0.2, 0.25) is 0 Å². The van der Waals surface area contributed by atoms with Crippen molar-refractivity contribution in [1.29, 1.82) is 0 Å².